The molecule has 2 saturated heterocycles. The molecule has 4 rings (SSSR count). The Bertz CT molecular complexity index is 1130. The van der Waals surface area contributed by atoms with Crippen molar-refractivity contribution in [1.82, 2.24) is 4.90 Å². The Balaban J connectivity index is 1.48. The third kappa shape index (κ3) is 4.70. The topological polar surface area (TPSA) is 69.7 Å². The Hall–Kier alpha value is -3.13. The van der Waals surface area contributed by atoms with Gasteiger partial charge in [-0.05, 0) is 85.5 Å². The number of carbonyl (C=O) groups is 3. The Labute approximate surface area is 190 Å². The smallest absolute Gasteiger partial charge is 0.294 e. The zero-order valence-electron chi connectivity index (χ0n) is 18.0. The molecule has 2 aliphatic rings. The number of amides is 3. The summed E-state index contributed by atoms with van der Waals surface area (Å²) in [6.07, 6.45) is 3.62. The van der Waals surface area contributed by atoms with Crippen molar-refractivity contribution >= 4 is 46.3 Å². The Morgan fingerprint density at radius 1 is 1.16 bits per heavy atom. The van der Waals surface area contributed by atoms with E-state index < -0.39 is 17.1 Å². The maximum atomic E-state index is 14.7. The fourth-order valence-corrected chi connectivity index (χ4v) is 4.71. The average Bonchev–Trinajstić information content (AvgIpc) is 3.35. The van der Waals surface area contributed by atoms with Crippen molar-refractivity contribution < 1.29 is 18.8 Å². The summed E-state index contributed by atoms with van der Waals surface area (Å²) < 4.78 is 14.7. The Kier molecular flexibility index (Phi) is 6.32. The summed E-state index contributed by atoms with van der Waals surface area (Å²) in [5.41, 5.74) is 3.51. The first-order valence-electron chi connectivity index (χ1n) is 10.5. The van der Waals surface area contributed by atoms with Gasteiger partial charge in [0, 0.05) is 18.8 Å². The highest BCUT2D eigenvalue weighted by atomic mass is 32.2. The lowest BCUT2D eigenvalue weighted by molar-refractivity contribution is -0.127. The highest BCUT2D eigenvalue weighted by Gasteiger charge is 2.36. The molecule has 2 heterocycles. The summed E-state index contributed by atoms with van der Waals surface area (Å²) in [5.74, 6) is -1.36. The number of carbonyl (C=O) groups excluding carboxylic acids is 3. The molecule has 0 spiro atoms. The number of imide groups is 1. The van der Waals surface area contributed by atoms with Crippen LogP contribution in [0.3, 0.4) is 0 Å². The number of hydrogen-bond acceptors (Lipinski definition) is 5. The van der Waals surface area contributed by atoms with Crippen molar-refractivity contribution in [2.75, 3.05) is 29.9 Å². The second kappa shape index (κ2) is 9.16. The number of rotatable bonds is 5. The van der Waals surface area contributed by atoms with Gasteiger partial charge in [0.05, 0.1) is 10.6 Å². The predicted octanol–water partition coefficient (Wildman–Crippen LogP) is 4.72. The Morgan fingerprint density at radius 2 is 1.91 bits per heavy atom. The molecule has 0 aliphatic carbocycles. The van der Waals surface area contributed by atoms with Gasteiger partial charge in [-0.15, -0.1) is 0 Å². The van der Waals surface area contributed by atoms with Crippen LogP contribution in [0.25, 0.3) is 6.08 Å². The third-order valence-corrected chi connectivity index (χ3v) is 6.45. The minimum absolute atomic E-state index is 0.176. The minimum Gasteiger partial charge on any atom is -0.369 e. The van der Waals surface area contributed by atoms with Crippen LogP contribution in [0.4, 0.5) is 20.6 Å². The van der Waals surface area contributed by atoms with Gasteiger partial charge in [0.2, 0.25) is 5.91 Å². The number of aryl methyl sites for hydroxylation is 2. The summed E-state index contributed by atoms with van der Waals surface area (Å²) in [7, 11) is 0. The van der Waals surface area contributed by atoms with Crippen molar-refractivity contribution in [2.45, 2.75) is 26.7 Å². The predicted molar refractivity (Wildman–Crippen MR) is 125 cm³/mol. The van der Waals surface area contributed by atoms with E-state index in [1.807, 2.05) is 30.9 Å². The summed E-state index contributed by atoms with van der Waals surface area (Å²) in [6, 6.07) is 10.4. The lowest BCUT2D eigenvalue weighted by Crippen LogP contribution is -2.36. The lowest BCUT2D eigenvalue weighted by Gasteiger charge is -2.19. The van der Waals surface area contributed by atoms with Crippen LogP contribution in [0.1, 0.15) is 29.5 Å². The molecule has 2 fully saturated rings. The largest absolute Gasteiger partial charge is 0.369 e. The van der Waals surface area contributed by atoms with Crippen LogP contribution in [0.2, 0.25) is 0 Å². The second-order valence-corrected chi connectivity index (χ2v) is 9.03. The Morgan fingerprint density at radius 3 is 2.62 bits per heavy atom. The summed E-state index contributed by atoms with van der Waals surface area (Å²) >= 11 is 0.757. The van der Waals surface area contributed by atoms with Gasteiger partial charge < -0.3 is 10.2 Å². The number of hydrogen-bond donors (Lipinski definition) is 1. The number of nitrogens with zero attached hydrogens (tertiary/aromatic N) is 2. The van der Waals surface area contributed by atoms with Gasteiger partial charge in [-0.25, -0.2) is 4.39 Å². The van der Waals surface area contributed by atoms with E-state index in [-0.39, 0.29) is 17.3 Å². The van der Waals surface area contributed by atoms with Crippen molar-refractivity contribution in [1.29, 1.82) is 0 Å². The first-order chi connectivity index (χ1) is 15.3. The molecule has 0 unspecified atom stereocenters. The van der Waals surface area contributed by atoms with Gasteiger partial charge in [0.15, 0.2) is 0 Å². The summed E-state index contributed by atoms with van der Waals surface area (Å²) in [4.78, 5) is 40.6. The molecule has 1 N–H and O–H groups in total. The van der Waals surface area contributed by atoms with Gasteiger partial charge in [0.25, 0.3) is 11.1 Å². The number of anilines is 2. The lowest BCUT2D eigenvalue weighted by atomic mass is 10.1. The fraction of sp³-hybridized carbons (Fsp3) is 0.292. The maximum Gasteiger partial charge on any atom is 0.294 e. The number of nitrogens with one attached hydrogen (secondary N) is 1. The fourth-order valence-electron chi connectivity index (χ4n) is 3.88. The van der Waals surface area contributed by atoms with E-state index in [9.17, 15) is 18.8 Å². The zero-order valence-corrected chi connectivity index (χ0v) is 18.8. The molecule has 2 aromatic rings. The van der Waals surface area contributed by atoms with E-state index in [1.165, 1.54) is 12.1 Å². The first-order valence-corrected chi connectivity index (χ1v) is 11.3. The van der Waals surface area contributed by atoms with Gasteiger partial charge in [0.1, 0.15) is 12.4 Å². The highest BCUT2D eigenvalue weighted by molar-refractivity contribution is 8.18. The van der Waals surface area contributed by atoms with E-state index in [0.29, 0.717) is 16.9 Å². The van der Waals surface area contributed by atoms with Crippen molar-refractivity contribution in [3.05, 3.63) is 63.8 Å². The molecule has 8 heteroatoms. The van der Waals surface area contributed by atoms with Crippen LogP contribution in [-0.2, 0) is 9.59 Å². The monoisotopic (exact) mass is 453 g/mol. The molecule has 6 nitrogen and oxygen atoms in total. The van der Waals surface area contributed by atoms with Gasteiger partial charge in [-0.1, -0.05) is 12.1 Å². The van der Waals surface area contributed by atoms with Crippen LogP contribution in [0.5, 0.6) is 0 Å². The number of thioether (sulfide) groups is 1. The van der Waals surface area contributed by atoms with Gasteiger partial charge in [-0.2, -0.15) is 0 Å². The van der Waals surface area contributed by atoms with Crippen molar-refractivity contribution in [3.63, 3.8) is 0 Å². The maximum absolute atomic E-state index is 14.7. The van der Waals surface area contributed by atoms with Crippen LogP contribution in [0.15, 0.2) is 41.3 Å². The van der Waals surface area contributed by atoms with E-state index in [1.54, 1.807) is 18.2 Å². The third-order valence-electron chi connectivity index (χ3n) is 5.55. The summed E-state index contributed by atoms with van der Waals surface area (Å²) in [6.45, 7) is 5.04. The van der Waals surface area contributed by atoms with Crippen LogP contribution in [0, 0.1) is 19.7 Å². The molecule has 0 radical (unpaired) electrons. The van der Waals surface area contributed by atoms with Crippen LogP contribution in [-0.4, -0.2) is 41.6 Å². The molecule has 0 aromatic heterocycles. The minimum atomic E-state index is -0.553. The second-order valence-electron chi connectivity index (χ2n) is 8.04. The normalized spacial score (nSPS) is 17.5. The van der Waals surface area contributed by atoms with Crippen LogP contribution < -0.4 is 10.2 Å². The molecule has 3 amide bonds. The average molecular weight is 454 g/mol. The molecule has 0 bridgehead atoms. The van der Waals surface area contributed by atoms with Crippen molar-refractivity contribution in [2.24, 2.45) is 0 Å². The molecule has 32 heavy (non-hydrogen) atoms. The van der Waals surface area contributed by atoms with Crippen molar-refractivity contribution in [3.8, 4) is 0 Å². The molecule has 2 aromatic carbocycles. The van der Waals surface area contributed by atoms with E-state index in [2.05, 4.69) is 5.32 Å². The van der Waals surface area contributed by atoms with E-state index in [4.69, 9.17) is 0 Å². The molecular weight excluding hydrogens is 429 g/mol. The molecule has 0 atom stereocenters. The van der Waals surface area contributed by atoms with E-state index in [0.717, 1.165) is 53.7 Å². The number of halogens is 1. The zero-order chi connectivity index (χ0) is 22.8. The standard InChI is InChI=1S/C24H24FN3O3S/c1-15-6-5-7-18(10-15)26-22(29)14-28-23(30)21(32-24(28)31)13-17-12-19(25)20(11-16(17)2)27-8-3-4-9-27/h5-7,10-13H,3-4,8-9,14H2,1-2H3,(H,26,29). The molecular formula is C24H24FN3O3S. The van der Waals surface area contributed by atoms with E-state index >= 15 is 0 Å². The summed E-state index contributed by atoms with van der Waals surface area (Å²) in [5, 5.41) is 2.18. The molecule has 166 valence electrons. The molecule has 0 saturated carbocycles. The highest BCUT2D eigenvalue weighted by Crippen LogP contribution is 2.34. The van der Waals surface area contributed by atoms with Gasteiger partial charge >= 0.3 is 0 Å². The number of benzene rings is 2. The van der Waals surface area contributed by atoms with Gasteiger partial charge in [-0.3, -0.25) is 19.3 Å². The first kappa shape index (κ1) is 22.1. The SMILES string of the molecule is Cc1cccc(NC(=O)CN2C(=O)SC(=Cc3cc(F)c(N4CCCC4)cc3C)C2=O)c1. The quantitative estimate of drug-likeness (QED) is 0.664. The molecule has 2 aliphatic heterocycles. The van der Waals surface area contributed by atoms with Crippen LogP contribution >= 0.6 is 11.8 Å².